The normalized spacial score (nSPS) is 15.6. The smallest absolute Gasteiger partial charge is 0.194 e. The summed E-state index contributed by atoms with van der Waals surface area (Å²) < 4.78 is 0. The van der Waals surface area contributed by atoms with Crippen LogP contribution in [0.5, 0.6) is 0 Å². The lowest BCUT2D eigenvalue weighted by atomic mass is 10.0. The lowest BCUT2D eigenvalue weighted by Gasteiger charge is -2.27. The van der Waals surface area contributed by atoms with Crippen molar-refractivity contribution in [1.82, 2.24) is 9.88 Å². The van der Waals surface area contributed by atoms with E-state index in [2.05, 4.69) is 28.1 Å². The predicted molar refractivity (Wildman–Crippen MR) is 104 cm³/mol. The Hall–Kier alpha value is -2.39. The summed E-state index contributed by atoms with van der Waals surface area (Å²) >= 11 is 0. The number of aromatic amines is 1. The van der Waals surface area contributed by atoms with Crippen molar-refractivity contribution >= 4 is 10.9 Å². The summed E-state index contributed by atoms with van der Waals surface area (Å²) in [6.07, 6.45) is 3.76. The molecule has 1 aliphatic heterocycles. The van der Waals surface area contributed by atoms with E-state index in [1.807, 2.05) is 37.3 Å². The van der Waals surface area contributed by atoms with Gasteiger partial charge in [0.15, 0.2) is 5.43 Å². The van der Waals surface area contributed by atoms with E-state index in [-0.39, 0.29) is 5.43 Å². The highest BCUT2D eigenvalue weighted by Crippen LogP contribution is 2.25. The molecule has 128 valence electrons. The maximum Gasteiger partial charge on any atom is 0.194 e. The van der Waals surface area contributed by atoms with E-state index in [1.54, 1.807) is 0 Å². The number of nitrogens with one attached hydrogen (secondary N) is 1. The van der Waals surface area contributed by atoms with Crippen molar-refractivity contribution in [3.8, 4) is 11.3 Å². The summed E-state index contributed by atoms with van der Waals surface area (Å²) in [5.74, 6) is 0. The van der Waals surface area contributed by atoms with Gasteiger partial charge in [-0.05, 0) is 50.6 Å². The molecule has 1 fully saturated rings. The average molecular weight is 332 g/mol. The molecule has 0 unspecified atom stereocenters. The molecule has 1 aromatic heterocycles. The molecular weight excluding hydrogens is 308 g/mol. The summed E-state index contributed by atoms with van der Waals surface area (Å²) in [5.41, 5.74) is 5.14. The van der Waals surface area contributed by atoms with Crippen LogP contribution < -0.4 is 5.43 Å². The highest BCUT2D eigenvalue weighted by atomic mass is 16.1. The molecule has 0 bridgehead atoms. The van der Waals surface area contributed by atoms with Crippen LogP contribution in [-0.2, 0) is 6.54 Å². The molecule has 0 saturated carbocycles. The van der Waals surface area contributed by atoms with Crippen LogP contribution in [0.4, 0.5) is 0 Å². The van der Waals surface area contributed by atoms with E-state index in [4.69, 9.17) is 0 Å². The van der Waals surface area contributed by atoms with Crippen LogP contribution in [0.15, 0.2) is 53.3 Å². The molecule has 0 amide bonds. The minimum absolute atomic E-state index is 0.168. The number of aryl methyl sites for hydroxylation is 1. The topological polar surface area (TPSA) is 36.1 Å². The second-order valence-corrected chi connectivity index (χ2v) is 7.06. The maximum atomic E-state index is 13.3. The number of piperidine rings is 1. The van der Waals surface area contributed by atoms with Gasteiger partial charge in [-0.25, -0.2) is 0 Å². The summed E-state index contributed by atoms with van der Waals surface area (Å²) in [7, 11) is 0. The molecule has 3 heteroatoms. The molecular formula is C22H24N2O. The summed E-state index contributed by atoms with van der Waals surface area (Å²) in [6.45, 7) is 4.93. The lowest BCUT2D eigenvalue weighted by molar-refractivity contribution is 0.220. The number of rotatable bonds is 3. The Morgan fingerprint density at radius 3 is 2.52 bits per heavy atom. The quantitative estimate of drug-likeness (QED) is 0.767. The monoisotopic (exact) mass is 332 g/mol. The fourth-order valence-corrected chi connectivity index (χ4v) is 3.78. The Kier molecular flexibility index (Phi) is 4.41. The number of fused-ring (bicyclic) bond motifs is 1. The molecule has 1 saturated heterocycles. The third kappa shape index (κ3) is 3.24. The zero-order valence-electron chi connectivity index (χ0n) is 14.7. The lowest BCUT2D eigenvalue weighted by Crippen LogP contribution is -2.31. The number of pyridine rings is 1. The molecule has 2 aromatic carbocycles. The van der Waals surface area contributed by atoms with E-state index >= 15 is 0 Å². The van der Waals surface area contributed by atoms with Crippen molar-refractivity contribution in [2.24, 2.45) is 0 Å². The Morgan fingerprint density at radius 1 is 1.00 bits per heavy atom. The van der Waals surface area contributed by atoms with E-state index in [9.17, 15) is 4.79 Å². The van der Waals surface area contributed by atoms with Crippen LogP contribution in [0.1, 0.15) is 30.4 Å². The Morgan fingerprint density at radius 2 is 1.76 bits per heavy atom. The third-order valence-corrected chi connectivity index (χ3v) is 5.15. The van der Waals surface area contributed by atoms with Crippen molar-refractivity contribution in [2.45, 2.75) is 32.7 Å². The van der Waals surface area contributed by atoms with Crippen LogP contribution in [0.3, 0.4) is 0 Å². The first-order chi connectivity index (χ1) is 12.2. The molecule has 0 radical (unpaired) electrons. The molecule has 1 aliphatic rings. The first-order valence-electron chi connectivity index (χ1n) is 9.16. The van der Waals surface area contributed by atoms with Crippen molar-refractivity contribution in [1.29, 1.82) is 0 Å². The van der Waals surface area contributed by atoms with Crippen LogP contribution in [-0.4, -0.2) is 23.0 Å². The Balaban J connectivity index is 1.89. The van der Waals surface area contributed by atoms with Gasteiger partial charge < -0.3 is 4.98 Å². The molecule has 3 aromatic rings. The standard InChI is InChI=1S/C22H24N2O/c1-16-10-11-20-18(14-16)22(25)19(15-24-12-6-3-7-13-24)21(23-20)17-8-4-2-5-9-17/h2,4-5,8-11,14H,3,6-7,12-13,15H2,1H3,(H,23,25). The molecule has 0 atom stereocenters. The molecule has 3 nitrogen and oxygen atoms in total. The first kappa shape index (κ1) is 16.1. The van der Waals surface area contributed by atoms with Gasteiger partial charge in [-0.3, -0.25) is 9.69 Å². The second-order valence-electron chi connectivity index (χ2n) is 7.06. The highest BCUT2D eigenvalue weighted by molar-refractivity contribution is 5.83. The number of hydrogen-bond donors (Lipinski definition) is 1. The average Bonchev–Trinajstić information content (AvgIpc) is 2.66. The number of H-pyrrole nitrogens is 1. The van der Waals surface area contributed by atoms with E-state index in [0.29, 0.717) is 0 Å². The minimum atomic E-state index is 0.168. The summed E-state index contributed by atoms with van der Waals surface area (Å²) in [5, 5.41) is 0.798. The fraction of sp³-hybridized carbons (Fsp3) is 0.318. The van der Waals surface area contributed by atoms with Crippen molar-refractivity contribution < 1.29 is 0 Å². The summed E-state index contributed by atoms with van der Waals surface area (Å²) in [6, 6.07) is 16.3. The predicted octanol–water partition coefficient (Wildman–Crippen LogP) is 4.49. The van der Waals surface area contributed by atoms with Crippen LogP contribution >= 0.6 is 0 Å². The van der Waals surface area contributed by atoms with Gasteiger partial charge in [0.2, 0.25) is 0 Å². The molecule has 1 N–H and O–H groups in total. The number of nitrogens with zero attached hydrogens (tertiary/aromatic N) is 1. The van der Waals surface area contributed by atoms with Gasteiger partial charge >= 0.3 is 0 Å². The fourth-order valence-electron chi connectivity index (χ4n) is 3.78. The van der Waals surface area contributed by atoms with Gasteiger partial charge in [0.1, 0.15) is 0 Å². The van der Waals surface area contributed by atoms with Crippen LogP contribution in [0, 0.1) is 6.92 Å². The molecule has 2 heterocycles. The van der Waals surface area contributed by atoms with Crippen molar-refractivity contribution in [3.63, 3.8) is 0 Å². The van der Waals surface area contributed by atoms with Gasteiger partial charge in [0.25, 0.3) is 0 Å². The zero-order chi connectivity index (χ0) is 17.2. The molecule has 25 heavy (non-hydrogen) atoms. The SMILES string of the molecule is Cc1ccc2[nH]c(-c3ccccc3)c(CN3CCCCC3)c(=O)c2c1. The maximum absolute atomic E-state index is 13.3. The number of hydrogen-bond acceptors (Lipinski definition) is 2. The number of aromatic nitrogens is 1. The first-order valence-corrected chi connectivity index (χ1v) is 9.16. The van der Waals surface area contributed by atoms with E-state index in [0.717, 1.165) is 52.9 Å². The molecule has 4 rings (SSSR count). The number of likely N-dealkylation sites (tertiary alicyclic amines) is 1. The zero-order valence-corrected chi connectivity index (χ0v) is 14.7. The Bertz CT molecular complexity index is 937. The van der Waals surface area contributed by atoms with Crippen molar-refractivity contribution in [2.75, 3.05) is 13.1 Å². The highest BCUT2D eigenvalue weighted by Gasteiger charge is 2.18. The summed E-state index contributed by atoms with van der Waals surface area (Å²) in [4.78, 5) is 19.3. The van der Waals surface area contributed by atoms with Crippen molar-refractivity contribution in [3.05, 3.63) is 69.9 Å². The van der Waals surface area contributed by atoms with Crippen LogP contribution in [0.2, 0.25) is 0 Å². The third-order valence-electron chi connectivity index (χ3n) is 5.15. The van der Waals surface area contributed by atoms with Crippen LogP contribution in [0.25, 0.3) is 22.2 Å². The van der Waals surface area contributed by atoms with E-state index < -0.39 is 0 Å². The Labute approximate surface area is 148 Å². The van der Waals surface area contributed by atoms with Gasteiger partial charge in [0.05, 0.1) is 5.69 Å². The minimum Gasteiger partial charge on any atom is -0.354 e. The largest absolute Gasteiger partial charge is 0.354 e. The van der Waals surface area contributed by atoms with Gasteiger partial charge in [0, 0.05) is 23.0 Å². The molecule has 0 spiro atoms. The van der Waals surface area contributed by atoms with E-state index in [1.165, 1.54) is 19.3 Å². The molecule has 0 aliphatic carbocycles. The van der Waals surface area contributed by atoms with Gasteiger partial charge in [-0.15, -0.1) is 0 Å². The second kappa shape index (κ2) is 6.85. The number of benzene rings is 2. The van der Waals surface area contributed by atoms with Gasteiger partial charge in [-0.1, -0.05) is 48.4 Å². The van der Waals surface area contributed by atoms with Gasteiger partial charge in [-0.2, -0.15) is 0 Å².